The fourth-order valence-electron chi connectivity index (χ4n) is 3.02. The number of carbonyl (C=O) groups excluding carboxylic acids is 2. The maximum atomic E-state index is 12.1. The Kier molecular flexibility index (Phi) is 7.61. The van der Waals surface area contributed by atoms with Crippen LogP contribution >= 0.6 is 0 Å². The molecule has 2 rings (SSSR count). The van der Waals surface area contributed by atoms with Gasteiger partial charge in [-0.15, -0.1) is 0 Å². The summed E-state index contributed by atoms with van der Waals surface area (Å²) in [5.41, 5.74) is 0. The van der Waals surface area contributed by atoms with Crippen LogP contribution in [0.3, 0.4) is 0 Å². The zero-order valence-electron chi connectivity index (χ0n) is 14.1. The summed E-state index contributed by atoms with van der Waals surface area (Å²) < 4.78 is 10.5. The molecule has 1 heterocycles. The summed E-state index contributed by atoms with van der Waals surface area (Å²) in [7, 11) is 1.65. The molecule has 0 aromatic rings. The van der Waals surface area contributed by atoms with Crippen LogP contribution in [-0.4, -0.2) is 80.9 Å². The molecule has 1 N–H and O–H groups in total. The summed E-state index contributed by atoms with van der Waals surface area (Å²) in [5, 5.41) is 2.88. The third-order valence-corrected chi connectivity index (χ3v) is 4.41. The van der Waals surface area contributed by atoms with E-state index in [-0.39, 0.29) is 18.1 Å². The van der Waals surface area contributed by atoms with Gasteiger partial charge in [0.05, 0.1) is 6.54 Å². The summed E-state index contributed by atoms with van der Waals surface area (Å²) in [6.45, 7) is 4.36. The van der Waals surface area contributed by atoms with Gasteiger partial charge >= 0.3 is 6.09 Å². The Morgan fingerprint density at radius 3 is 2.48 bits per heavy atom. The number of hydrogen-bond acceptors (Lipinski definition) is 5. The number of ether oxygens (including phenoxy) is 2. The summed E-state index contributed by atoms with van der Waals surface area (Å²) in [5.74, 6) is 0.0306. The van der Waals surface area contributed by atoms with E-state index >= 15 is 0 Å². The van der Waals surface area contributed by atoms with E-state index in [0.29, 0.717) is 45.9 Å². The molecule has 0 bridgehead atoms. The van der Waals surface area contributed by atoms with Crippen molar-refractivity contribution in [2.75, 3.05) is 53.0 Å². The van der Waals surface area contributed by atoms with Crippen LogP contribution in [-0.2, 0) is 14.3 Å². The van der Waals surface area contributed by atoms with Crippen molar-refractivity contribution in [1.29, 1.82) is 0 Å². The minimum absolute atomic E-state index is 0.0306. The van der Waals surface area contributed by atoms with Crippen LogP contribution in [0.1, 0.15) is 32.1 Å². The summed E-state index contributed by atoms with van der Waals surface area (Å²) in [4.78, 5) is 27.7. The number of amides is 2. The third-order valence-electron chi connectivity index (χ3n) is 4.41. The summed E-state index contributed by atoms with van der Waals surface area (Å²) >= 11 is 0. The van der Waals surface area contributed by atoms with Crippen molar-refractivity contribution in [3.05, 3.63) is 0 Å². The standard InChI is InChI=1S/C16H29N3O4/c1-22-12-4-7-17-15(20)13-18-8-10-19(11-9-18)16(21)23-14-5-2-3-6-14/h14H,2-13H2,1H3,(H,17,20). The molecule has 2 fully saturated rings. The highest BCUT2D eigenvalue weighted by Crippen LogP contribution is 2.21. The van der Waals surface area contributed by atoms with E-state index in [9.17, 15) is 9.59 Å². The van der Waals surface area contributed by atoms with Gasteiger partial charge in [0.15, 0.2) is 0 Å². The predicted octanol–water partition coefficient (Wildman–Crippen LogP) is 0.836. The van der Waals surface area contributed by atoms with Gasteiger partial charge in [0.25, 0.3) is 0 Å². The number of nitrogens with one attached hydrogen (secondary N) is 1. The molecule has 0 atom stereocenters. The molecular weight excluding hydrogens is 298 g/mol. The molecule has 1 saturated carbocycles. The van der Waals surface area contributed by atoms with Crippen LogP contribution in [0, 0.1) is 0 Å². The van der Waals surface area contributed by atoms with Crippen molar-refractivity contribution in [2.45, 2.75) is 38.2 Å². The van der Waals surface area contributed by atoms with Gasteiger partial charge in [0.1, 0.15) is 6.10 Å². The number of methoxy groups -OCH3 is 1. The number of piperazine rings is 1. The number of rotatable bonds is 7. The SMILES string of the molecule is COCCCNC(=O)CN1CCN(C(=O)OC2CCCC2)CC1. The number of nitrogens with zero attached hydrogens (tertiary/aromatic N) is 2. The van der Waals surface area contributed by atoms with Crippen molar-refractivity contribution >= 4 is 12.0 Å². The van der Waals surface area contributed by atoms with E-state index in [1.807, 2.05) is 0 Å². The van der Waals surface area contributed by atoms with Crippen molar-refractivity contribution in [2.24, 2.45) is 0 Å². The fourth-order valence-corrected chi connectivity index (χ4v) is 3.02. The monoisotopic (exact) mass is 327 g/mol. The minimum Gasteiger partial charge on any atom is -0.446 e. The normalized spacial score (nSPS) is 19.8. The Morgan fingerprint density at radius 2 is 1.83 bits per heavy atom. The topological polar surface area (TPSA) is 71.1 Å². The van der Waals surface area contributed by atoms with Gasteiger partial charge in [0, 0.05) is 46.4 Å². The molecule has 7 heteroatoms. The molecule has 0 radical (unpaired) electrons. The lowest BCUT2D eigenvalue weighted by Gasteiger charge is -2.34. The molecule has 7 nitrogen and oxygen atoms in total. The molecule has 1 aliphatic heterocycles. The zero-order valence-corrected chi connectivity index (χ0v) is 14.1. The maximum Gasteiger partial charge on any atom is 0.410 e. The number of hydrogen-bond donors (Lipinski definition) is 1. The van der Waals surface area contributed by atoms with Gasteiger partial charge in [-0.05, 0) is 32.1 Å². The van der Waals surface area contributed by atoms with Crippen LogP contribution in [0.15, 0.2) is 0 Å². The lowest BCUT2D eigenvalue weighted by molar-refractivity contribution is -0.122. The second kappa shape index (κ2) is 9.72. The first kappa shape index (κ1) is 18.0. The Bertz CT molecular complexity index is 378. The van der Waals surface area contributed by atoms with Gasteiger partial charge in [-0.2, -0.15) is 0 Å². The van der Waals surface area contributed by atoms with Gasteiger partial charge in [0.2, 0.25) is 5.91 Å². The van der Waals surface area contributed by atoms with Gasteiger partial charge < -0.3 is 19.7 Å². The second-order valence-corrected chi connectivity index (χ2v) is 6.25. The molecule has 23 heavy (non-hydrogen) atoms. The maximum absolute atomic E-state index is 12.1. The van der Waals surface area contributed by atoms with Gasteiger partial charge in [-0.3, -0.25) is 9.69 Å². The molecular formula is C16H29N3O4. The Hall–Kier alpha value is -1.34. The average molecular weight is 327 g/mol. The first-order valence-corrected chi connectivity index (χ1v) is 8.62. The van der Waals surface area contributed by atoms with E-state index in [1.54, 1.807) is 12.0 Å². The third kappa shape index (κ3) is 6.35. The average Bonchev–Trinajstić information content (AvgIpc) is 3.05. The Labute approximate surface area is 138 Å². The first-order chi connectivity index (χ1) is 11.2. The van der Waals surface area contributed by atoms with Crippen LogP contribution in [0.5, 0.6) is 0 Å². The smallest absolute Gasteiger partial charge is 0.410 e. The number of carbonyl (C=O) groups is 2. The lowest BCUT2D eigenvalue weighted by atomic mass is 10.3. The Morgan fingerprint density at radius 1 is 1.13 bits per heavy atom. The highest BCUT2D eigenvalue weighted by molar-refractivity contribution is 5.78. The van der Waals surface area contributed by atoms with Crippen LogP contribution < -0.4 is 5.32 Å². The highest BCUT2D eigenvalue weighted by atomic mass is 16.6. The van der Waals surface area contributed by atoms with Crippen molar-refractivity contribution in [3.8, 4) is 0 Å². The summed E-state index contributed by atoms with van der Waals surface area (Å²) in [6.07, 6.45) is 5.04. The largest absolute Gasteiger partial charge is 0.446 e. The molecule has 0 aromatic heterocycles. The predicted molar refractivity (Wildman–Crippen MR) is 86.3 cm³/mol. The quantitative estimate of drug-likeness (QED) is 0.702. The Balaban J connectivity index is 1.59. The van der Waals surface area contributed by atoms with Crippen molar-refractivity contribution < 1.29 is 19.1 Å². The van der Waals surface area contributed by atoms with Crippen LogP contribution in [0.25, 0.3) is 0 Å². The molecule has 2 aliphatic rings. The summed E-state index contributed by atoms with van der Waals surface area (Å²) in [6, 6.07) is 0. The first-order valence-electron chi connectivity index (χ1n) is 8.62. The lowest BCUT2D eigenvalue weighted by Crippen LogP contribution is -2.51. The van der Waals surface area contributed by atoms with E-state index in [0.717, 1.165) is 32.1 Å². The molecule has 0 aromatic carbocycles. The second-order valence-electron chi connectivity index (χ2n) is 6.25. The van der Waals surface area contributed by atoms with E-state index in [4.69, 9.17) is 9.47 Å². The molecule has 0 spiro atoms. The van der Waals surface area contributed by atoms with Crippen molar-refractivity contribution in [3.63, 3.8) is 0 Å². The highest BCUT2D eigenvalue weighted by Gasteiger charge is 2.26. The van der Waals surface area contributed by atoms with Gasteiger partial charge in [-0.25, -0.2) is 4.79 Å². The molecule has 132 valence electrons. The fraction of sp³-hybridized carbons (Fsp3) is 0.875. The van der Waals surface area contributed by atoms with Crippen molar-refractivity contribution in [1.82, 2.24) is 15.1 Å². The molecule has 0 unspecified atom stereocenters. The van der Waals surface area contributed by atoms with E-state index < -0.39 is 0 Å². The van der Waals surface area contributed by atoms with E-state index in [2.05, 4.69) is 10.2 Å². The van der Waals surface area contributed by atoms with Crippen LogP contribution in [0.4, 0.5) is 4.79 Å². The molecule has 1 saturated heterocycles. The minimum atomic E-state index is -0.194. The van der Waals surface area contributed by atoms with E-state index in [1.165, 1.54) is 0 Å². The van der Waals surface area contributed by atoms with Gasteiger partial charge in [-0.1, -0.05) is 0 Å². The zero-order chi connectivity index (χ0) is 16.5. The molecule has 1 aliphatic carbocycles. The van der Waals surface area contributed by atoms with Crippen LogP contribution in [0.2, 0.25) is 0 Å². The molecule has 2 amide bonds.